The van der Waals surface area contributed by atoms with Crippen molar-refractivity contribution in [3.05, 3.63) is 34.7 Å². The number of pyridine rings is 1. The molecular weight excluding hydrogens is 240 g/mol. The van der Waals surface area contributed by atoms with Gasteiger partial charge >= 0.3 is 0 Å². The third-order valence-corrected chi connectivity index (χ3v) is 3.68. The van der Waals surface area contributed by atoms with E-state index in [4.69, 9.17) is 0 Å². The van der Waals surface area contributed by atoms with Crippen LogP contribution in [0.5, 0.6) is 0 Å². The molecule has 4 nitrogen and oxygen atoms in total. The largest absolute Gasteiger partial charge is 0.352 e. The van der Waals surface area contributed by atoms with E-state index in [1.54, 1.807) is 18.3 Å². The summed E-state index contributed by atoms with van der Waals surface area (Å²) >= 11 is 0. The summed E-state index contributed by atoms with van der Waals surface area (Å²) in [4.78, 5) is 23.5. The topological polar surface area (TPSA) is 51.1 Å². The highest BCUT2D eigenvalue weighted by Gasteiger charge is 2.14. The first-order valence-corrected chi connectivity index (χ1v) is 7.20. The highest BCUT2D eigenvalue weighted by Crippen LogP contribution is 2.16. The molecule has 0 atom stereocenters. The minimum absolute atomic E-state index is 0.0566. The number of hydrogen-bond donors (Lipinski definition) is 1. The van der Waals surface area contributed by atoms with Crippen molar-refractivity contribution in [1.82, 2.24) is 9.88 Å². The Morgan fingerprint density at radius 1 is 1.16 bits per heavy atom. The van der Waals surface area contributed by atoms with Crippen LogP contribution < -0.4 is 10.9 Å². The van der Waals surface area contributed by atoms with Gasteiger partial charge in [-0.15, -0.1) is 0 Å². The molecule has 19 heavy (non-hydrogen) atoms. The Morgan fingerprint density at radius 2 is 1.84 bits per heavy atom. The summed E-state index contributed by atoms with van der Waals surface area (Å²) in [5, 5.41) is 3.06. The summed E-state index contributed by atoms with van der Waals surface area (Å²) < 4.78 is 1.44. The van der Waals surface area contributed by atoms with Crippen LogP contribution >= 0.6 is 0 Å². The number of rotatable bonds is 3. The van der Waals surface area contributed by atoms with Gasteiger partial charge in [0.15, 0.2) is 0 Å². The minimum Gasteiger partial charge on any atom is -0.352 e. The number of nitrogens with zero attached hydrogens (tertiary/aromatic N) is 1. The van der Waals surface area contributed by atoms with E-state index in [9.17, 15) is 9.59 Å². The molecule has 1 aliphatic carbocycles. The molecule has 0 aromatic carbocycles. The molecule has 1 saturated carbocycles. The molecule has 0 radical (unpaired) electrons. The van der Waals surface area contributed by atoms with Gasteiger partial charge in [-0.05, 0) is 18.9 Å². The second-order valence-corrected chi connectivity index (χ2v) is 5.28. The van der Waals surface area contributed by atoms with Crippen LogP contribution in [0.4, 0.5) is 0 Å². The molecule has 0 bridgehead atoms. The minimum atomic E-state index is -0.129. The average Bonchev–Trinajstić information content (AvgIpc) is 2.35. The highest BCUT2D eigenvalue weighted by molar-refractivity contribution is 5.76. The third-order valence-electron chi connectivity index (χ3n) is 3.68. The van der Waals surface area contributed by atoms with Crippen molar-refractivity contribution in [2.24, 2.45) is 0 Å². The smallest absolute Gasteiger partial charge is 0.250 e. The Balaban J connectivity index is 1.86. The van der Waals surface area contributed by atoms with Gasteiger partial charge in [0.25, 0.3) is 5.56 Å². The summed E-state index contributed by atoms with van der Waals surface area (Å²) in [7, 11) is 0. The number of amides is 1. The molecule has 4 heteroatoms. The van der Waals surface area contributed by atoms with Crippen molar-refractivity contribution >= 4 is 5.91 Å². The van der Waals surface area contributed by atoms with Crippen molar-refractivity contribution in [3.8, 4) is 0 Å². The van der Waals surface area contributed by atoms with Crippen molar-refractivity contribution < 1.29 is 4.79 Å². The van der Waals surface area contributed by atoms with Crippen LogP contribution in [0.3, 0.4) is 0 Å². The van der Waals surface area contributed by atoms with Crippen LogP contribution in [0.2, 0.25) is 0 Å². The Morgan fingerprint density at radius 3 is 2.53 bits per heavy atom. The molecular formula is C15H22N2O2. The van der Waals surface area contributed by atoms with Crippen LogP contribution in [0, 0.1) is 0 Å². The molecule has 0 spiro atoms. The molecule has 0 aliphatic heterocycles. The maximum absolute atomic E-state index is 12.0. The second kappa shape index (κ2) is 7.12. The maximum atomic E-state index is 12.0. The zero-order valence-electron chi connectivity index (χ0n) is 11.3. The van der Waals surface area contributed by atoms with Crippen LogP contribution in [0.25, 0.3) is 0 Å². The SMILES string of the molecule is O=C(Cn1ccccc1=O)NC1CCCCCCC1. The number of carbonyl (C=O) groups is 1. The van der Waals surface area contributed by atoms with E-state index in [2.05, 4.69) is 5.32 Å². The fourth-order valence-corrected chi connectivity index (χ4v) is 2.62. The molecule has 1 heterocycles. The molecule has 0 unspecified atom stereocenters. The number of aromatic nitrogens is 1. The monoisotopic (exact) mass is 262 g/mol. The second-order valence-electron chi connectivity index (χ2n) is 5.28. The molecule has 104 valence electrons. The lowest BCUT2D eigenvalue weighted by Gasteiger charge is -2.21. The summed E-state index contributed by atoms with van der Waals surface area (Å²) in [5.41, 5.74) is -0.129. The molecule has 1 aromatic heterocycles. The fraction of sp³-hybridized carbons (Fsp3) is 0.600. The van der Waals surface area contributed by atoms with Crippen molar-refractivity contribution in [2.75, 3.05) is 0 Å². The number of hydrogen-bond acceptors (Lipinski definition) is 2. The zero-order valence-corrected chi connectivity index (χ0v) is 11.3. The average molecular weight is 262 g/mol. The quantitative estimate of drug-likeness (QED) is 0.906. The van der Waals surface area contributed by atoms with E-state index in [0.717, 1.165) is 12.8 Å². The van der Waals surface area contributed by atoms with Gasteiger partial charge in [-0.2, -0.15) is 0 Å². The zero-order chi connectivity index (χ0) is 13.5. The lowest BCUT2D eigenvalue weighted by atomic mass is 9.97. The van der Waals surface area contributed by atoms with Gasteiger partial charge in [0.1, 0.15) is 6.54 Å². The van der Waals surface area contributed by atoms with Gasteiger partial charge in [0.05, 0.1) is 0 Å². The molecule has 0 saturated heterocycles. The lowest BCUT2D eigenvalue weighted by molar-refractivity contribution is -0.122. The molecule has 1 amide bonds. The molecule has 2 rings (SSSR count). The predicted molar refractivity (Wildman–Crippen MR) is 75.0 cm³/mol. The van der Waals surface area contributed by atoms with Gasteiger partial charge in [0, 0.05) is 18.3 Å². The van der Waals surface area contributed by atoms with Crippen molar-refractivity contribution in [1.29, 1.82) is 0 Å². The first-order chi connectivity index (χ1) is 9.25. The summed E-state index contributed by atoms with van der Waals surface area (Å²) in [6.45, 7) is 0.121. The first-order valence-electron chi connectivity index (χ1n) is 7.20. The summed E-state index contributed by atoms with van der Waals surface area (Å²) in [5.74, 6) is -0.0566. The van der Waals surface area contributed by atoms with Crippen LogP contribution in [-0.4, -0.2) is 16.5 Å². The van der Waals surface area contributed by atoms with Crippen molar-refractivity contribution in [3.63, 3.8) is 0 Å². The van der Waals surface area contributed by atoms with Crippen LogP contribution in [0.15, 0.2) is 29.2 Å². The Kier molecular flexibility index (Phi) is 5.19. The summed E-state index contributed by atoms with van der Waals surface area (Å²) in [6.07, 6.45) is 10.0. The number of carbonyl (C=O) groups excluding carboxylic acids is 1. The van der Waals surface area contributed by atoms with Crippen LogP contribution in [-0.2, 0) is 11.3 Å². The lowest BCUT2D eigenvalue weighted by Crippen LogP contribution is -2.39. The number of nitrogens with one attached hydrogen (secondary N) is 1. The predicted octanol–water partition coefficient (Wildman–Crippen LogP) is 2.08. The van der Waals surface area contributed by atoms with E-state index < -0.39 is 0 Å². The van der Waals surface area contributed by atoms with Gasteiger partial charge in [0.2, 0.25) is 5.91 Å². The van der Waals surface area contributed by atoms with E-state index in [0.29, 0.717) is 0 Å². The molecule has 1 aliphatic rings. The third kappa shape index (κ3) is 4.54. The van der Waals surface area contributed by atoms with Gasteiger partial charge in [-0.1, -0.05) is 38.2 Å². The van der Waals surface area contributed by atoms with Gasteiger partial charge in [-0.25, -0.2) is 0 Å². The molecule has 1 fully saturated rings. The van der Waals surface area contributed by atoms with E-state index in [1.165, 1.54) is 42.7 Å². The van der Waals surface area contributed by atoms with Gasteiger partial charge in [-0.3, -0.25) is 9.59 Å². The fourth-order valence-electron chi connectivity index (χ4n) is 2.62. The van der Waals surface area contributed by atoms with Gasteiger partial charge < -0.3 is 9.88 Å². The summed E-state index contributed by atoms with van der Waals surface area (Å²) in [6, 6.07) is 5.21. The van der Waals surface area contributed by atoms with E-state index in [-0.39, 0.29) is 24.1 Å². The normalized spacial score (nSPS) is 17.5. The standard InChI is InChI=1S/C15H22N2O2/c18-14(12-17-11-7-6-10-15(17)19)16-13-8-4-2-1-3-5-9-13/h6-7,10-11,13H,1-5,8-9,12H2,(H,16,18). The molecule has 1 aromatic rings. The Bertz CT molecular complexity index is 459. The Hall–Kier alpha value is -1.58. The van der Waals surface area contributed by atoms with E-state index in [1.807, 2.05) is 0 Å². The van der Waals surface area contributed by atoms with E-state index >= 15 is 0 Å². The Labute approximate surface area is 113 Å². The highest BCUT2D eigenvalue weighted by atomic mass is 16.2. The molecule has 1 N–H and O–H groups in total. The first kappa shape index (κ1) is 13.8. The van der Waals surface area contributed by atoms with Crippen LogP contribution in [0.1, 0.15) is 44.9 Å². The maximum Gasteiger partial charge on any atom is 0.250 e. The van der Waals surface area contributed by atoms with Crippen molar-refractivity contribution in [2.45, 2.75) is 57.5 Å².